The molecule has 0 spiro atoms. The molecule has 0 aliphatic carbocycles. The van der Waals surface area contributed by atoms with Gasteiger partial charge in [0, 0.05) is 24.2 Å². The predicted molar refractivity (Wildman–Crippen MR) is 134 cm³/mol. The SMILES string of the molecule is COc1cc(OCCCCC(=O)Nc2ccc(F)cc2)c2cc(-c3cn4nc(OC)sc4n3)oc2c1. The lowest BCUT2D eigenvalue weighted by molar-refractivity contribution is -0.116. The van der Waals surface area contributed by atoms with Crippen molar-refractivity contribution in [3.63, 3.8) is 0 Å². The van der Waals surface area contributed by atoms with Gasteiger partial charge in [-0.05, 0) is 54.5 Å². The van der Waals surface area contributed by atoms with E-state index in [4.69, 9.17) is 18.6 Å². The van der Waals surface area contributed by atoms with Gasteiger partial charge in [0.1, 0.15) is 28.6 Å². The number of imidazole rings is 1. The molecule has 0 saturated carbocycles. The number of rotatable bonds is 10. The summed E-state index contributed by atoms with van der Waals surface area (Å²) >= 11 is 1.34. The van der Waals surface area contributed by atoms with E-state index >= 15 is 0 Å². The van der Waals surface area contributed by atoms with Crippen molar-refractivity contribution >= 4 is 38.9 Å². The first-order valence-corrected chi connectivity index (χ1v) is 12.0. The minimum absolute atomic E-state index is 0.128. The normalized spacial score (nSPS) is 11.2. The van der Waals surface area contributed by atoms with Crippen molar-refractivity contribution in [3.8, 4) is 28.1 Å². The zero-order valence-corrected chi connectivity index (χ0v) is 20.4. The van der Waals surface area contributed by atoms with Gasteiger partial charge in [0.05, 0.1) is 32.4 Å². The lowest BCUT2D eigenvalue weighted by Gasteiger charge is -2.09. The van der Waals surface area contributed by atoms with E-state index in [2.05, 4.69) is 15.4 Å². The van der Waals surface area contributed by atoms with Crippen molar-refractivity contribution in [2.75, 3.05) is 26.1 Å². The molecule has 0 bridgehead atoms. The van der Waals surface area contributed by atoms with Gasteiger partial charge in [0.2, 0.25) is 10.9 Å². The summed E-state index contributed by atoms with van der Waals surface area (Å²) in [6, 6.07) is 11.2. The number of unbranched alkanes of at least 4 members (excludes halogenated alkanes) is 1. The van der Waals surface area contributed by atoms with Crippen LogP contribution in [-0.4, -0.2) is 41.3 Å². The molecule has 2 aromatic carbocycles. The highest BCUT2D eigenvalue weighted by Crippen LogP contribution is 2.37. The Kier molecular flexibility index (Phi) is 6.72. The number of fused-ring (bicyclic) bond motifs is 2. The number of carbonyl (C=O) groups is 1. The van der Waals surface area contributed by atoms with Crippen molar-refractivity contribution in [1.29, 1.82) is 0 Å². The Balaban J connectivity index is 1.22. The summed E-state index contributed by atoms with van der Waals surface area (Å²) in [5.74, 6) is 1.34. The van der Waals surface area contributed by atoms with E-state index in [1.54, 1.807) is 37.1 Å². The van der Waals surface area contributed by atoms with E-state index in [1.165, 1.54) is 35.6 Å². The average Bonchev–Trinajstić information content (AvgIpc) is 3.57. The minimum atomic E-state index is -0.344. The van der Waals surface area contributed by atoms with E-state index in [-0.39, 0.29) is 11.7 Å². The third-order valence-electron chi connectivity index (χ3n) is 5.44. The van der Waals surface area contributed by atoms with Gasteiger partial charge in [-0.3, -0.25) is 4.79 Å². The quantitative estimate of drug-likeness (QED) is 0.246. The van der Waals surface area contributed by atoms with Crippen molar-refractivity contribution in [2.24, 2.45) is 0 Å². The summed E-state index contributed by atoms with van der Waals surface area (Å²) in [7, 11) is 3.15. The van der Waals surface area contributed by atoms with Crippen molar-refractivity contribution in [1.82, 2.24) is 14.6 Å². The number of ether oxygens (including phenoxy) is 3. The first-order valence-electron chi connectivity index (χ1n) is 11.2. The molecule has 0 aliphatic heterocycles. The van der Waals surface area contributed by atoms with Crippen LogP contribution < -0.4 is 19.5 Å². The molecule has 11 heteroatoms. The second-order valence-electron chi connectivity index (χ2n) is 7.93. The van der Waals surface area contributed by atoms with Gasteiger partial charge in [0.25, 0.3) is 5.19 Å². The number of methoxy groups -OCH3 is 2. The molecule has 0 saturated heterocycles. The molecule has 186 valence electrons. The number of hydrogen-bond acceptors (Lipinski definition) is 8. The average molecular weight is 511 g/mol. The number of carbonyl (C=O) groups excluding carboxylic acids is 1. The maximum Gasteiger partial charge on any atom is 0.294 e. The summed E-state index contributed by atoms with van der Waals surface area (Å²) < 4.78 is 37.3. The van der Waals surface area contributed by atoms with E-state index in [0.29, 0.717) is 70.2 Å². The molecular weight excluding hydrogens is 487 g/mol. The number of benzene rings is 2. The van der Waals surface area contributed by atoms with Gasteiger partial charge in [-0.1, -0.05) is 0 Å². The van der Waals surface area contributed by atoms with Gasteiger partial charge in [-0.25, -0.2) is 13.9 Å². The number of hydrogen-bond donors (Lipinski definition) is 1. The molecular formula is C25H23FN4O5S. The molecule has 1 N–H and O–H groups in total. The number of amides is 1. The van der Waals surface area contributed by atoms with Gasteiger partial charge in [-0.15, -0.1) is 5.10 Å². The van der Waals surface area contributed by atoms with Crippen LogP contribution in [0.3, 0.4) is 0 Å². The van der Waals surface area contributed by atoms with E-state index in [9.17, 15) is 9.18 Å². The van der Waals surface area contributed by atoms with Crippen LogP contribution in [-0.2, 0) is 4.79 Å². The number of halogens is 1. The molecule has 0 fully saturated rings. The smallest absolute Gasteiger partial charge is 0.294 e. The number of anilines is 1. The molecule has 0 aliphatic rings. The van der Waals surface area contributed by atoms with Gasteiger partial charge in [-0.2, -0.15) is 0 Å². The molecule has 0 atom stereocenters. The standard InChI is InChI=1S/C25H23FN4O5S/c1-32-17-11-20(34-10-4-3-5-23(31)27-16-8-6-15(26)7-9-16)18-13-22(35-21(18)12-17)19-14-30-24(28-19)36-25(29-30)33-2/h6-9,11-14H,3-5,10H2,1-2H3,(H,27,31). The van der Waals surface area contributed by atoms with Crippen LogP contribution >= 0.6 is 11.3 Å². The molecule has 3 heterocycles. The summed E-state index contributed by atoms with van der Waals surface area (Å²) in [6.45, 7) is 0.413. The van der Waals surface area contributed by atoms with Gasteiger partial charge < -0.3 is 23.9 Å². The van der Waals surface area contributed by atoms with E-state index in [1.807, 2.05) is 6.07 Å². The predicted octanol–water partition coefficient (Wildman–Crippen LogP) is 5.55. The Morgan fingerprint density at radius 1 is 1.14 bits per heavy atom. The summed E-state index contributed by atoms with van der Waals surface area (Å²) in [5.41, 5.74) is 1.82. The Bertz CT molecular complexity index is 1480. The fourth-order valence-electron chi connectivity index (χ4n) is 3.66. The Hall–Kier alpha value is -4.12. The van der Waals surface area contributed by atoms with Gasteiger partial charge in [0.15, 0.2) is 5.76 Å². The molecule has 0 unspecified atom stereocenters. The fraction of sp³-hybridized carbons (Fsp3) is 0.240. The third-order valence-corrected chi connectivity index (χ3v) is 6.33. The van der Waals surface area contributed by atoms with Crippen LogP contribution in [0.1, 0.15) is 19.3 Å². The van der Waals surface area contributed by atoms with Crippen molar-refractivity contribution < 1.29 is 27.8 Å². The van der Waals surface area contributed by atoms with Crippen molar-refractivity contribution in [3.05, 3.63) is 54.5 Å². The highest BCUT2D eigenvalue weighted by molar-refractivity contribution is 7.18. The zero-order valence-electron chi connectivity index (χ0n) is 19.6. The Labute approximate surface area is 209 Å². The Morgan fingerprint density at radius 2 is 1.97 bits per heavy atom. The zero-order chi connectivity index (χ0) is 25.1. The monoisotopic (exact) mass is 510 g/mol. The van der Waals surface area contributed by atoms with Crippen molar-refractivity contribution in [2.45, 2.75) is 19.3 Å². The summed E-state index contributed by atoms with van der Waals surface area (Å²) in [5, 5.41) is 8.37. The number of nitrogens with zero attached hydrogens (tertiary/aromatic N) is 3. The lowest BCUT2D eigenvalue weighted by Crippen LogP contribution is -2.11. The molecule has 5 aromatic rings. The largest absolute Gasteiger partial charge is 0.496 e. The second kappa shape index (κ2) is 10.2. The van der Waals surface area contributed by atoms with Crippen LogP contribution in [0.4, 0.5) is 10.1 Å². The third kappa shape index (κ3) is 5.10. The highest BCUT2D eigenvalue weighted by Gasteiger charge is 2.17. The molecule has 0 radical (unpaired) electrons. The summed E-state index contributed by atoms with van der Waals surface area (Å²) in [4.78, 5) is 17.4. The van der Waals surface area contributed by atoms with E-state index in [0.717, 1.165) is 5.39 Å². The molecule has 3 aromatic heterocycles. The van der Waals surface area contributed by atoms with Crippen LogP contribution in [0.5, 0.6) is 16.7 Å². The summed E-state index contributed by atoms with van der Waals surface area (Å²) in [6.07, 6.45) is 3.42. The highest BCUT2D eigenvalue weighted by atomic mass is 32.1. The maximum atomic E-state index is 13.0. The van der Waals surface area contributed by atoms with Gasteiger partial charge >= 0.3 is 0 Å². The molecule has 36 heavy (non-hydrogen) atoms. The van der Waals surface area contributed by atoms with Crippen LogP contribution in [0, 0.1) is 5.82 Å². The fourth-order valence-corrected chi connectivity index (χ4v) is 4.36. The minimum Gasteiger partial charge on any atom is -0.496 e. The maximum absolute atomic E-state index is 13.0. The molecule has 5 rings (SSSR count). The first kappa shape index (κ1) is 23.6. The van der Waals surface area contributed by atoms with Crippen LogP contribution in [0.2, 0.25) is 0 Å². The van der Waals surface area contributed by atoms with Crippen LogP contribution in [0.25, 0.3) is 27.4 Å². The number of furan rings is 1. The molecule has 9 nitrogen and oxygen atoms in total. The first-order chi connectivity index (χ1) is 17.5. The molecule has 1 amide bonds. The van der Waals surface area contributed by atoms with Crippen LogP contribution in [0.15, 0.2) is 53.1 Å². The topological polar surface area (TPSA) is 100 Å². The second-order valence-corrected chi connectivity index (χ2v) is 8.85. The number of aromatic nitrogens is 3. The number of nitrogens with one attached hydrogen (secondary N) is 1. The Morgan fingerprint density at radius 3 is 2.72 bits per heavy atom. The lowest BCUT2D eigenvalue weighted by atomic mass is 10.2. The van der Waals surface area contributed by atoms with E-state index < -0.39 is 0 Å².